The Bertz CT molecular complexity index is 420. The molecule has 106 valence electrons. The van der Waals surface area contributed by atoms with Crippen LogP contribution in [0.15, 0.2) is 35.3 Å². The second-order valence-corrected chi connectivity index (χ2v) is 4.10. The van der Waals surface area contributed by atoms with Crippen LogP contribution < -0.4 is 10.6 Å². The molecule has 1 aliphatic rings. The highest BCUT2D eigenvalue weighted by atomic mass is 127. The lowest BCUT2D eigenvalue weighted by atomic mass is 10.2. The Kier molecular flexibility index (Phi) is 5.89. The first-order chi connectivity index (χ1) is 8.55. The van der Waals surface area contributed by atoms with E-state index in [-0.39, 0.29) is 42.9 Å². The topological polar surface area (TPSA) is 36.4 Å². The Morgan fingerprint density at radius 1 is 1.26 bits per heavy atom. The Morgan fingerprint density at radius 3 is 2.58 bits per heavy atom. The number of alkyl halides is 3. The molecule has 1 unspecified atom stereocenters. The zero-order valence-electron chi connectivity index (χ0n) is 10.1. The van der Waals surface area contributed by atoms with Crippen LogP contribution in [0.3, 0.4) is 0 Å². The van der Waals surface area contributed by atoms with Gasteiger partial charge in [0.15, 0.2) is 5.96 Å². The zero-order valence-corrected chi connectivity index (χ0v) is 12.4. The van der Waals surface area contributed by atoms with Gasteiger partial charge in [0.2, 0.25) is 0 Å². The number of aliphatic imine (C=N–C) groups is 1. The third kappa shape index (κ3) is 4.88. The average Bonchev–Trinajstić information content (AvgIpc) is 2.37. The molecule has 1 aliphatic heterocycles. The van der Waals surface area contributed by atoms with Crippen molar-refractivity contribution in [1.29, 1.82) is 0 Å². The predicted molar refractivity (Wildman–Crippen MR) is 78.6 cm³/mol. The van der Waals surface area contributed by atoms with Crippen LogP contribution in [0.25, 0.3) is 0 Å². The summed E-state index contributed by atoms with van der Waals surface area (Å²) in [4.78, 5) is 4.00. The molecule has 1 atom stereocenters. The fourth-order valence-corrected chi connectivity index (χ4v) is 1.72. The lowest BCUT2D eigenvalue weighted by molar-refractivity contribution is -0.153. The molecule has 0 saturated carbocycles. The minimum Gasteiger partial charge on any atom is -0.352 e. The molecule has 0 fully saturated rings. The number of nitrogens with zero attached hydrogens (tertiary/aromatic N) is 1. The molecular formula is C12H15F3IN3. The Morgan fingerprint density at radius 2 is 1.95 bits per heavy atom. The highest BCUT2D eigenvalue weighted by Crippen LogP contribution is 2.23. The Hall–Kier alpha value is -0.990. The van der Waals surface area contributed by atoms with E-state index >= 15 is 0 Å². The van der Waals surface area contributed by atoms with E-state index in [9.17, 15) is 13.2 Å². The average molecular weight is 385 g/mol. The summed E-state index contributed by atoms with van der Waals surface area (Å²) in [6.45, 7) is 0.644. The van der Waals surface area contributed by atoms with E-state index in [1.165, 1.54) is 0 Å². The summed E-state index contributed by atoms with van der Waals surface area (Å²) in [6.07, 6.45) is -4.24. The van der Waals surface area contributed by atoms with Gasteiger partial charge >= 0.3 is 6.18 Å². The Balaban J connectivity index is 0.00000180. The van der Waals surface area contributed by atoms with Crippen LogP contribution in [0.4, 0.5) is 13.2 Å². The number of hydrogen-bond acceptors (Lipinski definition) is 3. The van der Waals surface area contributed by atoms with Crippen molar-refractivity contribution >= 4 is 29.9 Å². The summed E-state index contributed by atoms with van der Waals surface area (Å²) < 4.78 is 37.6. The van der Waals surface area contributed by atoms with Crippen molar-refractivity contribution in [3.8, 4) is 0 Å². The molecule has 3 nitrogen and oxygen atoms in total. The van der Waals surface area contributed by atoms with Gasteiger partial charge in [0.1, 0.15) is 6.04 Å². The van der Waals surface area contributed by atoms with Crippen LogP contribution in [0.5, 0.6) is 0 Å². The molecule has 0 bridgehead atoms. The summed E-state index contributed by atoms with van der Waals surface area (Å²) in [5.74, 6) is 0.215. The van der Waals surface area contributed by atoms with Gasteiger partial charge in [-0.1, -0.05) is 30.3 Å². The SMILES string of the molecule is FC(F)(F)C1CCN=C(NCc2ccccc2)N1.I. The van der Waals surface area contributed by atoms with Gasteiger partial charge in [-0.05, 0) is 12.0 Å². The van der Waals surface area contributed by atoms with Crippen LogP contribution >= 0.6 is 24.0 Å². The summed E-state index contributed by atoms with van der Waals surface area (Å²) in [5, 5.41) is 5.26. The van der Waals surface area contributed by atoms with E-state index < -0.39 is 12.2 Å². The molecule has 0 radical (unpaired) electrons. The third-order valence-corrected chi connectivity index (χ3v) is 2.70. The van der Waals surface area contributed by atoms with E-state index in [1.807, 2.05) is 30.3 Å². The van der Waals surface area contributed by atoms with Gasteiger partial charge < -0.3 is 10.6 Å². The zero-order chi connectivity index (χ0) is 13.0. The lowest BCUT2D eigenvalue weighted by Gasteiger charge is -2.26. The number of rotatable bonds is 2. The lowest BCUT2D eigenvalue weighted by Crippen LogP contribution is -2.52. The van der Waals surface area contributed by atoms with Crippen molar-refractivity contribution in [2.24, 2.45) is 4.99 Å². The van der Waals surface area contributed by atoms with Gasteiger partial charge in [0, 0.05) is 13.1 Å². The molecule has 0 aromatic heterocycles. The fourth-order valence-electron chi connectivity index (χ4n) is 1.72. The highest BCUT2D eigenvalue weighted by molar-refractivity contribution is 14.0. The molecule has 0 aliphatic carbocycles. The maximum atomic E-state index is 12.5. The molecule has 1 aromatic rings. The third-order valence-electron chi connectivity index (χ3n) is 2.70. The van der Waals surface area contributed by atoms with Crippen molar-refractivity contribution in [3.63, 3.8) is 0 Å². The number of benzene rings is 1. The number of guanidine groups is 1. The van der Waals surface area contributed by atoms with Crippen LogP contribution in [0.1, 0.15) is 12.0 Å². The molecule has 1 aromatic carbocycles. The maximum Gasteiger partial charge on any atom is 0.408 e. The van der Waals surface area contributed by atoms with E-state index in [2.05, 4.69) is 15.6 Å². The van der Waals surface area contributed by atoms with Crippen molar-refractivity contribution in [2.75, 3.05) is 6.54 Å². The molecule has 7 heteroatoms. The quantitative estimate of drug-likeness (QED) is 0.769. The van der Waals surface area contributed by atoms with E-state index in [0.717, 1.165) is 5.56 Å². The number of nitrogens with one attached hydrogen (secondary N) is 2. The largest absolute Gasteiger partial charge is 0.408 e. The van der Waals surface area contributed by atoms with E-state index in [0.29, 0.717) is 6.54 Å². The molecule has 0 amide bonds. The van der Waals surface area contributed by atoms with Gasteiger partial charge in [-0.25, -0.2) is 0 Å². The minimum absolute atomic E-state index is 0. The molecule has 0 saturated heterocycles. The van der Waals surface area contributed by atoms with E-state index in [4.69, 9.17) is 0 Å². The van der Waals surface area contributed by atoms with Crippen molar-refractivity contribution in [2.45, 2.75) is 25.2 Å². The van der Waals surface area contributed by atoms with Crippen LogP contribution in [-0.4, -0.2) is 24.7 Å². The minimum atomic E-state index is -4.23. The van der Waals surface area contributed by atoms with Crippen molar-refractivity contribution in [1.82, 2.24) is 10.6 Å². The monoisotopic (exact) mass is 385 g/mol. The van der Waals surface area contributed by atoms with Gasteiger partial charge in [0.25, 0.3) is 0 Å². The molecule has 1 heterocycles. The van der Waals surface area contributed by atoms with Gasteiger partial charge in [-0.2, -0.15) is 13.2 Å². The van der Waals surface area contributed by atoms with Gasteiger partial charge in [0.05, 0.1) is 0 Å². The first-order valence-electron chi connectivity index (χ1n) is 5.71. The predicted octanol–water partition coefficient (Wildman–Crippen LogP) is 2.67. The van der Waals surface area contributed by atoms with Crippen LogP contribution in [0.2, 0.25) is 0 Å². The molecule has 19 heavy (non-hydrogen) atoms. The fraction of sp³-hybridized carbons (Fsp3) is 0.417. The number of hydrogen-bond donors (Lipinski definition) is 2. The molecule has 2 rings (SSSR count). The summed E-state index contributed by atoms with van der Waals surface area (Å²) >= 11 is 0. The van der Waals surface area contributed by atoms with Crippen molar-refractivity contribution in [3.05, 3.63) is 35.9 Å². The standard InChI is InChI=1S/C12H14F3N3.HI/c13-12(14,15)10-6-7-16-11(18-10)17-8-9-4-2-1-3-5-9;/h1-5,10H,6-8H2,(H2,16,17,18);1H. The smallest absolute Gasteiger partial charge is 0.352 e. The molecular weight excluding hydrogens is 370 g/mol. The van der Waals surface area contributed by atoms with Gasteiger partial charge in [-0.15, -0.1) is 24.0 Å². The number of halogens is 4. The van der Waals surface area contributed by atoms with Gasteiger partial charge in [-0.3, -0.25) is 4.99 Å². The molecule has 0 spiro atoms. The summed E-state index contributed by atoms with van der Waals surface area (Å²) in [7, 11) is 0. The van der Waals surface area contributed by atoms with E-state index in [1.54, 1.807) is 0 Å². The van der Waals surface area contributed by atoms with Crippen LogP contribution in [-0.2, 0) is 6.54 Å². The first-order valence-corrected chi connectivity index (χ1v) is 5.71. The van der Waals surface area contributed by atoms with Crippen molar-refractivity contribution < 1.29 is 13.2 Å². The maximum absolute atomic E-state index is 12.5. The first kappa shape index (κ1) is 16.1. The summed E-state index contributed by atoms with van der Waals surface area (Å²) in [6, 6.07) is 7.94. The normalized spacial score (nSPS) is 18.9. The van der Waals surface area contributed by atoms with Crippen LogP contribution in [0, 0.1) is 0 Å². The molecule has 2 N–H and O–H groups in total. The summed E-state index contributed by atoms with van der Waals surface area (Å²) in [5.41, 5.74) is 0.996. The Labute approximate surface area is 126 Å². The highest BCUT2D eigenvalue weighted by Gasteiger charge is 2.40. The second kappa shape index (κ2) is 6.97. The second-order valence-electron chi connectivity index (χ2n) is 4.10.